The Morgan fingerprint density at radius 1 is 1.43 bits per heavy atom. The minimum Gasteiger partial charge on any atom is -0.344 e. The number of rotatable bonds is 3. The van der Waals surface area contributed by atoms with Crippen LogP contribution in [0.1, 0.15) is 32.3 Å². The first-order valence-electron chi connectivity index (χ1n) is 7.31. The van der Waals surface area contributed by atoms with Crippen molar-refractivity contribution in [3.05, 3.63) is 28.8 Å². The van der Waals surface area contributed by atoms with Crippen LogP contribution in [0.3, 0.4) is 0 Å². The summed E-state index contributed by atoms with van der Waals surface area (Å²) in [6.07, 6.45) is 1.14. The molecule has 2 atom stereocenters. The fourth-order valence-corrected chi connectivity index (χ4v) is 2.60. The number of carbonyl (C=O) groups is 2. The predicted octanol–water partition coefficient (Wildman–Crippen LogP) is 2.92. The van der Waals surface area contributed by atoms with E-state index in [1.54, 1.807) is 11.0 Å². The zero-order valence-corrected chi connectivity index (χ0v) is 13.4. The second-order valence-electron chi connectivity index (χ2n) is 5.60. The van der Waals surface area contributed by atoms with Crippen molar-refractivity contribution in [2.75, 3.05) is 11.4 Å². The fourth-order valence-electron chi connectivity index (χ4n) is 2.43. The quantitative estimate of drug-likeness (QED) is 0.933. The third kappa shape index (κ3) is 3.38. The van der Waals surface area contributed by atoms with Crippen molar-refractivity contribution in [3.8, 4) is 0 Å². The van der Waals surface area contributed by atoms with E-state index < -0.39 is 6.04 Å². The number of carbonyl (C=O) groups excluding carboxylic acids is 2. The van der Waals surface area contributed by atoms with Crippen LogP contribution in [0.5, 0.6) is 0 Å². The predicted molar refractivity (Wildman–Crippen MR) is 84.5 cm³/mol. The normalized spacial score (nSPS) is 21.0. The molecule has 114 valence electrons. The maximum absolute atomic E-state index is 12.8. The van der Waals surface area contributed by atoms with E-state index in [0.29, 0.717) is 18.0 Å². The summed E-state index contributed by atoms with van der Waals surface area (Å²) in [4.78, 5) is 26.3. The van der Waals surface area contributed by atoms with Gasteiger partial charge in [0.25, 0.3) is 0 Å². The highest BCUT2D eigenvalue weighted by Gasteiger charge is 2.33. The van der Waals surface area contributed by atoms with Crippen LogP contribution in [0.15, 0.2) is 18.2 Å². The largest absolute Gasteiger partial charge is 0.344 e. The Morgan fingerprint density at radius 2 is 2.14 bits per heavy atom. The van der Waals surface area contributed by atoms with Gasteiger partial charge in [-0.05, 0) is 30.5 Å². The van der Waals surface area contributed by atoms with E-state index in [1.807, 2.05) is 32.9 Å². The molecule has 1 saturated heterocycles. The van der Waals surface area contributed by atoms with Crippen LogP contribution in [0, 0.1) is 12.8 Å². The van der Waals surface area contributed by atoms with E-state index in [-0.39, 0.29) is 17.7 Å². The molecule has 1 heterocycles. The zero-order valence-electron chi connectivity index (χ0n) is 12.6. The van der Waals surface area contributed by atoms with Crippen molar-refractivity contribution in [1.82, 2.24) is 5.32 Å². The van der Waals surface area contributed by atoms with Gasteiger partial charge in [0.1, 0.15) is 6.04 Å². The molecule has 0 radical (unpaired) electrons. The van der Waals surface area contributed by atoms with Crippen LogP contribution >= 0.6 is 11.6 Å². The molecule has 0 aromatic heterocycles. The summed E-state index contributed by atoms with van der Waals surface area (Å²) >= 11 is 6.16. The molecule has 1 aromatic carbocycles. The molecule has 0 aliphatic carbocycles. The van der Waals surface area contributed by atoms with E-state index in [1.165, 1.54) is 0 Å². The molecule has 1 aromatic rings. The lowest BCUT2D eigenvalue weighted by atomic mass is 9.98. The number of amides is 2. The van der Waals surface area contributed by atoms with Gasteiger partial charge in [-0.2, -0.15) is 0 Å². The van der Waals surface area contributed by atoms with Crippen molar-refractivity contribution in [2.24, 2.45) is 5.92 Å². The average Bonchev–Trinajstić information content (AvgIpc) is 2.61. The summed E-state index contributed by atoms with van der Waals surface area (Å²) < 4.78 is 0. The molecule has 5 heteroatoms. The van der Waals surface area contributed by atoms with Gasteiger partial charge in [0, 0.05) is 23.7 Å². The fraction of sp³-hybridized carbons (Fsp3) is 0.500. The Morgan fingerprint density at radius 3 is 2.76 bits per heavy atom. The topological polar surface area (TPSA) is 49.4 Å². The van der Waals surface area contributed by atoms with Crippen LogP contribution in [0.4, 0.5) is 5.69 Å². The Labute approximate surface area is 130 Å². The van der Waals surface area contributed by atoms with Crippen molar-refractivity contribution in [1.29, 1.82) is 0 Å². The minimum atomic E-state index is -0.468. The molecule has 21 heavy (non-hydrogen) atoms. The summed E-state index contributed by atoms with van der Waals surface area (Å²) in [6.45, 7) is 6.30. The molecule has 1 fully saturated rings. The van der Waals surface area contributed by atoms with E-state index in [2.05, 4.69) is 5.32 Å². The first-order chi connectivity index (χ1) is 9.93. The molecule has 2 rings (SSSR count). The van der Waals surface area contributed by atoms with Gasteiger partial charge in [-0.25, -0.2) is 0 Å². The van der Waals surface area contributed by atoms with E-state index >= 15 is 0 Å². The van der Waals surface area contributed by atoms with Gasteiger partial charge in [-0.1, -0.05) is 37.9 Å². The van der Waals surface area contributed by atoms with Gasteiger partial charge in [0.2, 0.25) is 11.8 Å². The first kappa shape index (κ1) is 15.8. The minimum absolute atomic E-state index is 0.0601. The van der Waals surface area contributed by atoms with Crippen molar-refractivity contribution < 1.29 is 9.59 Å². The molecule has 0 bridgehead atoms. The lowest BCUT2D eigenvalue weighted by Crippen LogP contribution is -2.48. The number of halogens is 1. The van der Waals surface area contributed by atoms with Gasteiger partial charge in [-0.3, -0.25) is 9.59 Å². The number of hydrogen-bond donors (Lipinski definition) is 1. The van der Waals surface area contributed by atoms with Crippen molar-refractivity contribution in [2.45, 2.75) is 39.7 Å². The van der Waals surface area contributed by atoms with Gasteiger partial charge in [0.15, 0.2) is 0 Å². The molecule has 1 N–H and O–H groups in total. The van der Waals surface area contributed by atoms with Gasteiger partial charge >= 0.3 is 0 Å². The molecule has 4 nitrogen and oxygen atoms in total. The molecular weight excluding hydrogens is 288 g/mol. The van der Waals surface area contributed by atoms with Crippen LogP contribution < -0.4 is 10.2 Å². The molecule has 1 aliphatic heterocycles. The van der Waals surface area contributed by atoms with E-state index in [0.717, 1.165) is 17.7 Å². The second kappa shape index (κ2) is 6.48. The smallest absolute Gasteiger partial charge is 0.249 e. The van der Waals surface area contributed by atoms with Crippen LogP contribution in [0.25, 0.3) is 0 Å². The maximum Gasteiger partial charge on any atom is 0.249 e. The monoisotopic (exact) mass is 308 g/mol. The Bertz CT molecular complexity index is 559. The summed E-state index contributed by atoms with van der Waals surface area (Å²) in [5, 5.41) is 3.47. The summed E-state index contributed by atoms with van der Waals surface area (Å²) in [6, 6.07) is 5.09. The Kier molecular flexibility index (Phi) is 4.88. The number of benzene rings is 1. The average molecular weight is 309 g/mol. The number of hydrogen-bond acceptors (Lipinski definition) is 2. The highest BCUT2D eigenvalue weighted by molar-refractivity contribution is 6.31. The second-order valence-corrected chi connectivity index (χ2v) is 6.01. The van der Waals surface area contributed by atoms with Gasteiger partial charge < -0.3 is 10.2 Å². The van der Waals surface area contributed by atoms with Crippen LogP contribution in [-0.4, -0.2) is 24.4 Å². The van der Waals surface area contributed by atoms with Crippen LogP contribution in [0.2, 0.25) is 5.02 Å². The number of anilines is 1. The third-order valence-corrected chi connectivity index (χ3v) is 4.50. The molecular formula is C16H21ClN2O2. The highest BCUT2D eigenvalue weighted by Crippen LogP contribution is 2.26. The lowest BCUT2D eigenvalue weighted by molar-refractivity contribution is -0.126. The maximum atomic E-state index is 12.8. The van der Waals surface area contributed by atoms with Gasteiger partial charge in [-0.15, -0.1) is 0 Å². The standard InChI is InChI=1S/C16H21ClN2O2/c1-4-10(2)15-16(21)19(8-7-14(20)18-15)12-6-5-11(3)13(17)9-12/h5-6,9-10,15H,4,7-8H2,1-3H3,(H,18,20). The van der Waals surface area contributed by atoms with E-state index in [9.17, 15) is 9.59 Å². The molecule has 1 aliphatic rings. The Hall–Kier alpha value is -1.55. The third-order valence-electron chi connectivity index (χ3n) is 4.09. The van der Waals surface area contributed by atoms with Crippen molar-refractivity contribution >= 4 is 29.1 Å². The number of nitrogens with zero attached hydrogens (tertiary/aromatic N) is 1. The lowest BCUT2D eigenvalue weighted by Gasteiger charge is -2.27. The molecule has 0 saturated carbocycles. The number of aryl methyl sites for hydroxylation is 1. The number of nitrogens with one attached hydrogen (secondary N) is 1. The molecule has 0 spiro atoms. The zero-order chi connectivity index (χ0) is 15.6. The summed E-state index contributed by atoms with van der Waals surface area (Å²) in [5.41, 5.74) is 1.72. The summed E-state index contributed by atoms with van der Waals surface area (Å²) in [5.74, 6) is -0.0348. The first-order valence-corrected chi connectivity index (χ1v) is 7.68. The van der Waals surface area contributed by atoms with Crippen LogP contribution in [-0.2, 0) is 9.59 Å². The molecule has 2 amide bonds. The Balaban J connectivity index is 2.34. The van der Waals surface area contributed by atoms with Crippen molar-refractivity contribution in [3.63, 3.8) is 0 Å². The highest BCUT2D eigenvalue weighted by atomic mass is 35.5. The van der Waals surface area contributed by atoms with E-state index in [4.69, 9.17) is 11.6 Å². The molecule has 2 unspecified atom stereocenters. The summed E-state index contributed by atoms with van der Waals surface area (Å²) in [7, 11) is 0. The SMILES string of the molecule is CCC(C)C1NC(=O)CCN(c2ccc(C)c(Cl)c2)C1=O. The van der Waals surface area contributed by atoms with Gasteiger partial charge in [0.05, 0.1) is 0 Å².